The minimum Gasteiger partial charge on any atom is -0.383 e. The molecule has 4 rings (SSSR count). The zero-order chi connectivity index (χ0) is 20.4. The highest BCUT2D eigenvalue weighted by Gasteiger charge is 2.31. The van der Waals surface area contributed by atoms with Crippen LogP contribution < -0.4 is 0 Å². The van der Waals surface area contributed by atoms with E-state index in [4.69, 9.17) is 4.74 Å². The van der Waals surface area contributed by atoms with Crippen molar-refractivity contribution in [1.82, 2.24) is 29.1 Å². The number of aromatic nitrogens is 4. The molecule has 0 aliphatic carbocycles. The third kappa shape index (κ3) is 3.95. The SMILES string of the molecule is COCCn1ccc(C(=O)N2CCn3cc(CC(=O)N4CC=CC4)nc3C2C)n1. The van der Waals surface area contributed by atoms with Gasteiger partial charge < -0.3 is 19.1 Å². The molecule has 29 heavy (non-hydrogen) atoms. The average Bonchev–Trinajstić information content (AvgIpc) is 3.46. The fraction of sp³-hybridized carbons (Fsp3) is 0.500. The first-order valence-corrected chi connectivity index (χ1v) is 9.89. The second kappa shape index (κ2) is 8.20. The van der Waals surface area contributed by atoms with Gasteiger partial charge >= 0.3 is 0 Å². The minimum absolute atomic E-state index is 0.0765. The first kappa shape index (κ1) is 19.4. The molecule has 0 fully saturated rings. The van der Waals surface area contributed by atoms with E-state index < -0.39 is 0 Å². The van der Waals surface area contributed by atoms with Gasteiger partial charge in [0.05, 0.1) is 31.3 Å². The van der Waals surface area contributed by atoms with Gasteiger partial charge in [-0.3, -0.25) is 14.3 Å². The van der Waals surface area contributed by atoms with Crippen molar-refractivity contribution < 1.29 is 14.3 Å². The van der Waals surface area contributed by atoms with Crippen molar-refractivity contribution in [3.63, 3.8) is 0 Å². The normalized spacial score (nSPS) is 18.3. The predicted octanol–water partition coefficient (Wildman–Crippen LogP) is 0.884. The number of imidazole rings is 1. The van der Waals surface area contributed by atoms with Crippen LogP contribution in [0.4, 0.5) is 0 Å². The highest BCUT2D eigenvalue weighted by atomic mass is 16.5. The number of amides is 2. The average molecular weight is 398 g/mol. The Morgan fingerprint density at radius 3 is 2.79 bits per heavy atom. The number of ether oxygens (including phenoxy) is 1. The molecule has 0 saturated heterocycles. The molecule has 2 aliphatic heterocycles. The molecule has 2 aliphatic rings. The van der Waals surface area contributed by atoms with Gasteiger partial charge in [-0.2, -0.15) is 5.10 Å². The summed E-state index contributed by atoms with van der Waals surface area (Å²) in [6.45, 7) is 5.69. The highest BCUT2D eigenvalue weighted by molar-refractivity contribution is 5.92. The fourth-order valence-corrected chi connectivity index (χ4v) is 3.79. The topological polar surface area (TPSA) is 85.5 Å². The molecule has 0 saturated carbocycles. The van der Waals surface area contributed by atoms with Gasteiger partial charge in [-0.15, -0.1) is 0 Å². The van der Waals surface area contributed by atoms with Crippen LogP contribution in [0, 0.1) is 0 Å². The number of hydrogen-bond acceptors (Lipinski definition) is 5. The Morgan fingerprint density at radius 2 is 2.03 bits per heavy atom. The van der Waals surface area contributed by atoms with E-state index in [0.29, 0.717) is 45.0 Å². The molecule has 0 bridgehead atoms. The van der Waals surface area contributed by atoms with Gasteiger partial charge in [0.2, 0.25) is 5.91 Å². The summed E-state index contributed by atoms with van der Waals surface area (Å²) in [4.78, 5) is 33.6. The summed E-state index contributed by atoms with van der Waals surface area (Å²) < 4.78 is 8.82. The second-order valence-corrected chi connectivity index (χ2v) is 7.36. The van der Waals surface area contributed by atoms with Crippen molar-refractivity contribution in [2.45, 2.75) is 32.5 Å². The van der Waals surface area contributed by atoms with E-state index in [1.807, 2.05) is 25.3 Å². The third-order valence-electron chi connectivity index (χ3n) is 5.43. The van der Waals surface area contributed by atoms with E-state index in [2.05, 4.69) is 14.6 Å². The van der Waals surface area contributed by atoms with E-state index >= 15 is 0 Å². The Hall–Kier alpha value is -2.94. The number of methoxy groups -OCH3 is 1. The lowest BCUT2D eigenvalue weighted by Crippen LogP contribution is -2.41. The molecule has 0 N–H and O–H groups in total. The fourth-order valence-electron chi connectivity index (χ4n) is 3.79. The van der Waals surface area contributed by atoms with Crippen LogP contribution in [0.15, 0.2) is 30.6 Å². The summed E-state index contributed by atoms with van der Waals surface area (Å²) in [6, 6.07) is 1.55. The Balaban J connectivity index is 1.44. The van der Waals surface area contributed by atoms with Gasteiger partial charge in [0.15, 0.2) is 0 Å². The van der Waals surface area contributed by atoms with E-state index in [0.717, 1.165) is 11.5 Å². The van der Waals surface area contributed by atoms with Crippen LogP contribution in [-0.2, 0) is 29.0 Å². The van der Waals surface area contributed by atoms with Crippen molar-refractivity contribution in [2.75, 3.05) is 33.4 Å². The standard InChI is InChI=1S/C20H26N6O3/c1-15-19-21-16(13-18(27)23-6-3-4-7-23)14-24(19)9-10-26(15)20(28)17-5-8-25(22-17)11-12-29-2/h3-5,8,14-15H,6-7,9-13H2,1-2H3. The van der Waals surface area contributed by atoms with Crippen LogP contribution in [0.5, 0.6) is 0 Å². The van der Waals surface area contributed by atoms with Crippen LogP contribution in [-0.4, -0.2) is 74.3 Å². The van der Waals surface area contributed by atoms with Crippen LogP contribution in [0.25, 0.3) is 0 Å². The van der Waals surface area contributed by atoms with Gasteiger partial charge in [0, 0.05) is 45.7 Å². The molecule has 9 nitrogen and oxygen atoms in total. The Morgan fingerprint density at radius 1 is 1.24 bits per heavy atom. The van der Waals surface area contributed by atoms with Crippen LogP contribution in [0.1, 0.15) is 35.0 Å². The molecular formula is C20H26N6O3. The molecule has 1 unspecified atom stereocenters. The lowest BCUT2D eigenvalue weighted by Gasteiger charge is -2.33. The highest BCUT2D eigenvalue weighted by Crippen LogP contribution is 2.26. The molecule has 9 heteroatoms. The first-order valence-electron chi connectivity index (χ1n) is 9.89. The first-order chi connectivity index (χ1) is 14.1. The molecule has 1 atom stereocenters. The Kier molecular flexibility index (Phi) is 5.48. The largest absolute Gasteiger partial charge is 0.383 e. The minimum atomic E-state index is -0.183. The number of carbonyl (C=O) groups excluding carboxylic acids is 2. The third-order valence-corrected chi connectivity index (χ3v) is 5.43. The van der Waals surface area contributed by atoms with Gasteiger partial charge in [0.1, 0.15) is 11.5 Å². The molecule has 2 amide bonds. The summed E-state index contributed by atoms with van der Waals surface area (Å²) in [7, 11) is 1.64. The molecule has 2 aromatic heterocycles. The Labute approximate surface area is 169 Å². The maximum Gasteiger partial charge on any atom is 0.275 e. The van der Waals surface area contributed by atoms with Crippen LogP contribution in [0.2, 0.25) is 0 Å². The summed E-state index contributed by atoms with van der Waals surface area (Å²) in [5.41, 5.74) is 1.17. The predicted molar refractivity (Wildman–Crippen MR) is 105 cm³/mol. The van der Waals surface area contributed by atoms with Gasteiger partial charge in [0.25, 0.3) is 5.91 Å². The van der Waals surface area contributed by atoms with Crippen molar-refractivity contribution in [2.24, 2.45) is 0 Å². The molecule has 2 aromatic rings. The quantitative estimate of drug-likeness (QED) is 0.675. The molecule has 0 aromatic carbocycles. The monoisotopic (exact) mass is 398 g/mol. The van der Waals surface area contributed by atoms with E-state index in [9.17, 15) is 9.59 Å². The number of carbonyl (C=O) groups is 2. The molecule has 0 spiro atoms. The van der Waals surface area contributed by atoms with Gasteiger partial charge in [-0.1, -0.05) is 12.2 Å². The molecular weight excluding hydrogens is 372 g/mol. The summed E-state index contributed by atoms with van der Waals surface area (Å²) >= 11 is 0. The second-order valence-electron chi connectivity index (χ2n) is 7.36. The Bertz CT molecular complexity index is 923. The summed E-state index contributed by atoms with van der Waals surface area (Å²) in [5, 5.41) is 4.36. The van der Waals surface area contributed by atoms with Gasteiger partial charge in [-0.05, 0) is 13.0 Å². The number of rotatable bonds is 6. The zero-order valence-corrected chi connectivity index (χ0v) is 16.8. The molecule has 4 heterocycles. The van der Waals surface area contributed by atoms with E-state index in [1.54, 1.807) is 33.9 Å². The van der Waals surface area contributed by atoms with E-state index in [-0.39, 0.29) is 24.3 Å². The van der Waals surface area contributed by atoms with Crippen LogP contribution >= 0.6 is 0 Å². The number of nitrogens with zero attached hydrogens (tertiary/aromatic N) is 6. The zero-order valence-electron chi connectivity index (χ0n) is 16.8. The van der Waals surface area contributed by atoms with Gasteiger partial charge in [-0.25, -0.2) is 4.98 Å². The van der Waals surface area contributed by atoms with Crippen molar-refractivity contribution in [3.8, 4) is 0 Å². The van der Waals surface area contributed by atoms with Crippen LogP contribution in [0.3, 0.4) is 0 Å². The van der Waals surface area contributed by atoms with E-state index in [1.165, 1.54) is 0 Å². The summed E-state index contributed by atoms with van der Waals surface area (Å²) in [6.07, 6.45) is 8.01. The smallest absolute Gasteiger partial charge is 0.275 e. The van der Waals surface area contributed by atoms with Crippen molar-refractivity contribution >= 4 is 11.8 Å². The molecule has 0 radical (unpaired) electrons. The molecule has 154 valence electrons. The number of fused-ring (bicyclic) bond motifs is 1. The number of hydrogen-bond donors (Lipinski definition) is 0. The summed E-state index contributed by atoms with van der Waals surface area (Å²) in [5.74, 6) is 0.780. The maximum atomic E-state index is 13.0. The lowest BCUT2D eigenvalue weighted by atomic mass is 10.2. The van der Waals surface area contributed by atoms with Crippen molar-refractivity contribution in [1.29, 1.82) is 0 Å². The maximum absolute atomic E-state index is 13.0. The lowest BCUT2D eigenvalue weighted by molar-refractivity contribution is -0.129. The van der Waals surface area contributed by atoms with Crippen molar-refractivity contribution in [3.05, 3.63) is 47.8 Å².